The average molecular weight is 509 g/mol. The van der Waals surface area contributed by atoms with Crippen LogP contribution in [0.3, 0.4) is 0 Å². The van der Waals surface area contributed by atoms with Gasteiger partial charge < -0.3 is 9.41 Å². The fourth-order valence-electron chi connectivity index (χ4n) is 4.46. The van der Waals surface area contributed by atoms with Crippen molar-refractivity contribution in [3.8, 4) is 5.75 Å². The van der Waals surface area contributed by atoms with Crippen LogP contribution >= 0.6 is 23.1 Å². The van der Waals surface area contributed by atoms with Crippen molar-refractivity contribution in [3.63, 3.8) is 0 Å². The molecule has 0 saturated carbocycles. The van der Waals surface area contributed by atoms with E-state index < -0.39 is 8.32 Å². The second-order valence-electron chi connectivity index (χ2n) is 11.0. The first-order valence-electron chi connectivity index (χ1n) is 12.3. The molecule has 0 saturated heterocycles. The monoisotopic (exact) mass is 508 g/mol. The summed E-state index contributed by atoms with van der Waals surface area (Å²) in [6.07, 6.45) is 3.36. The lowest BCUT2D eigenvalue weighted by atomic mass is 10.0. The standard InChI is InChI=1S/C28H36N2OS2Si/c1-28(2,3)34(4,5)31-21-10-11-25-24(16-21)20(17-29-25)19-32-15-14-30-13-12-23-22-8-6-7-9-26(22)33-27(23)18-30/h6-11,16-17,29H,12-15,18-19H2,1-5H3. The Labute approximate surface area is 213 Å². The first kappa shape index (κ1) is 24.0. The summed E-state index contributed by atoms with van der Waals surface area (Å²) in [5, 5.41) is 2.98. The molecule has 3 nitrogen and oxygen atoms in total. The molecule has 0 aliphatic carbocycles. The van der Waals surface area contributed by atoms with Gasteiger partial charge in [0.25, 0.3) is 0 Å². The molecule has 4 aromatic rings. The van der Waals surface area contributed by atoms with Crippen molar-refractivity contribution in [2.24, 2.45) is 0 Å². The molecule has 0 unspecified atom stereocenters. The lowest BCUT2D eigenvalue weighted by Gasteiger charge is -2.36. The van der Waals surface area contributed by atoms with Gasteiger partial charge in [0.05, 0.1) is 0 Å². The molecule has 0 amide bonds. The number of hydrogen-bond donors (Lipinski definition) is 1. The van der Waals surface area contributed by atoms with Crippen LogP contribution in [0, 0.1) is 0 Å². The quantitative estimate of drug-likeness (QED) is 0.202. The number of hydrogen-bond acceptors (Lipinski definition) is 4. The van der Waals surface area contributed by atoms with Gasteiger partial charge in [0.2, 0.25) is 8.32 Å². The third-order valence-corrected chi connectivity index (χ3v) is 14.1. The van der Waals surface area contributed by atoms with Crippen molar-refractivity contribution < 1.29 is 4.43 Å². The Morgan fingerprint density at radius 1 is 1.12 bits per heavy atom. The first-order chi connectivity index (χ1) is 16.2. The number of fused-ring (bicyclic) bond motifs is 4. The number of thiophene rings is 1. The Balaban J connectivity index is 1.18. The zero-order valence-electron chi connectivity index (χ0n) is 21.0. The fourth-order valence-corrected chi connectivity index (χ4v) is 7.77. The summed E-state index contributed by atoms with van der Waals surface area (Å²) in [5.74, 6) is 3.20. The van der Waals surface area contributed by atoms with Crippen LogP contribution in [0.5, 0.6) is 5.75 Å². The second kappa shape index (κ2) is 9.38. The van der Waals surface area contributed by atoms with E-state index in [-0.39, 0.29) is 5.04 Å². The van der Waals surface area contributed by atoms with E-state index in [0.29, 0.717) is 0 Å². The average Bonchev–Trinajstić information content (AvgIpc) is 3.36. The SMILES string of the molecule is CC(C)(C)[Si](C)(C)Oc1ccc2[nH]cc(CSCCN3CCc4c(sc5ccccc45)C3)c2c1. The van der Waals surface area contributed by atoms with E-state index in [1.165, 1.54) is 39.5 Å². The summed E-state index contributed by atoms with van der Waals surface area (Å²) in [6, 6.07) is 15.4. The minimum Gasteiger partial charge on any atom is -0.543 e. The van der Waals surface area contributed by atoms with Crippen molar-refractivity contribution >= 4 is 52.4 Å². The van der Waals surface area contributed by atoms with Crippen LogP contribution in [0.2, 0.25) is 18.1 Å². The molecule has 0 fully saturated rings. The van der Waals surface area contributed by atoms with E-state index >= 15 is 0 Å². The van der Waals surface area contributed by atoms with Gasteiger partial charge in [-0.1, -0.05) is 39.0 Å². The van der Waals surface area contributed by atoms with Gasteiger partial charge in [-0.25, -0.2) is 0 Å². The smallest absolute Gasteiger partial charge is 0.250 e. The predicted molar refractivity (Wildman–Crippen MR) is 153 cm³/mol. The topological polar surface area (TPSA) is 28.3 Å². The van der Waals surface area contributed by atoms with E-state index in [9.17, 15) is 0 Å². The number of thioether (sulfide) groups is 1. The van der Waals surface area contributed by atoms with Crippen molar-refractivity contribution in [2.75, 3.05) is 18.8 Å². The molecular weight excluding hydrogens is 473 g/mol. The van der Waals surface area contributed by atoms with Crippen molar-refractivity contribution in [3.05, 3.63) is 64.7 Å². The van der Waals surface area contributed by atoms with Crippen LogP contribution < -0.4 is 4.43 Å². The Morgan fingerprint density at radius 3 is 2.76 bits per heavy atom. The number of H-pyrrole nitrogens is 1. The summed E-state index contributed by atoms with van der Waals surface area (Å²) < 4.78 is 8.01. The summed E-state index contributed by atoms with van der Waals surface area (Å²) in [5.41, 5.74) is 4.18. The van der Waals surface area contributed by atoms with Crippen molar-refractivity contribution in [2.45, 2.75) is 57.6 Å². The van der Waals surface area contributed by atoms with Crippen LogP contribution in [0.15, 0.2) is 48.7 Å². The van der Waals surface area contributed by atoms with Gasteiger partial charge >= 0.3 is 0 Å². The lowest BCUT2D eigenvalue weighted by molar-refractivity contribution is 0.274. The Hall–Kier alpha value is -1.73. The molecule has 5 rings (SSSR count). The van der Waals surface area contributed by atoms with Crippen LogP contribution in [0.4, 0.5) is 0 Å². The molecule has 34 heavy (non-hydrogen) atoms. The van der Waals surface area contributed by atoms with Crippen LogP contribution in [0.25, 0.3) is 21.0 Å². The lowest BCUT2D eigenvalue weighted by Crippen LogP contribution is -2.43. The van der Waals surface area contributed by atoms with Gasteiger partial charge in [0.15, 0.2) is 0 Å². The molecule has 3 heterocycles. The minimum atomic E-state index is -1.84. The van der Waals surface area contributed by atoms with Gasteiger partial charge in [-0.2, -0.15) is 11.8 Å². The Kier molecular flexibility index (Phi) is 6.61. The molecular formula is C28H36N2OS2Si. The fraction of sp³-hybridized carbons (Fsp3) is 0.429. The van der Waals surface area contributed by atoms with E-state index in [1.807, 2.05) is 23.1 Å². The molecule has 0 radical (unpaired) electrons. The highest BCUT2D eigenvalue weighted by Gasteiger charge is 2.39. The van der Waals surface area contributed by atoms with E-state index in [2.05, 4.69) is 92.4 Å². The number of nitrogens with one attached hydrogen (secondary N) is 1. The summed E-state index contributed by atoms with van der Waals surface area (Å²) in [4.78, 5) is 7.66. The molecule has 1 N–H and O–H groups in total. The maximum absolute atomic E-state index is 6.57. The summed E-state index contributed by atoms with van der Waals surface area (Å²) >= 11 is 4.03. The zero-order valence-corrected chi connectivity index (χ0v) is 23.7. The molecule has 0 bridgehead atoms. The highest BCUT2D eigenvalue weighted by Crippen LogP contribution is 2.38. The highest BCUT2D eigenvalue weighted by molar-refractivity contribution is 7.98. The third kappa shape index (κ3) is 4.83. The number of aromatic amines is 1. The molecule has 1 aliphatic heterocycles. The van der Waals surface area contributed by atoms with Crippen LogP contribution in [-0.4, -0.2) is 37.0 Å². The van der Waals surface area contributed by atoms with Gasteiger partial charge in [0, 0.05) is 57.8 Å². The van der Waals surface area contributed by atoms with Crippen LogP contribution in [0.1, 0.15) is 36.8 Å². The highest BCUT2D eigenvalue weighted by atomic mass is 32.2. The van der Waals surface area contributed by atoms with E-state index in [0.717, 1.165) is 30.3 Å². The molecule has 180 valence electrons. The maximum Gasteiger partial charge on any atom is 0.250 e. The minimum absolute atomic E-state index is 0.198. The second-order valence-corrected chi connectivity index (χ2v) is 17.9. The third-order valence-electron chi connectivity index (χ3n) is 7.55. The summed E-state index contributed by atoms with van der Waals surface area (Å²) in [6.45, 7) is 14.9. The maximum atomic E-state index is 6.57. The molecule has 0 spiro atoms. The predicted octanol–water partition coefficient (Wildman–Crippen LogP) is 8.06. The number of nitrogens with zero attached hydrogens (tertiary/aromatic N) is 1. The van der Waals surface area contributed by atoms with Gasteiger partial charge in [0.1, 0.15) is 5.75 Å². The van der Waals surface area contributed by atoms with E-state index in [4.69, 9.17) is 4.43 Å². The molecule has 2 aromatic heterocycles. The molecule has 1 aliphatic rings. The van der Waals surface area contributed by atoms with Crippen molar-refractivity contribution in [1.29, 1.82) is 0 Å². The zero-order chi connectivity index (χ0) is 23.9. The molecule has 6 heteroatoms. The largest absolute Gasteiger partial charge is 0.543 e. The van der Waals surface area contributed by atoms with Crippen LogP contribution in [-0.2, 0) is 18.7 Å². The summed E-state index contributed by atoms with van der Waals surface area (Å²) in [7, 11) is -1.84. The van der Waals surface area contributed by atoms with Gasteiger partial charge in [-0.15, -0.1) is 11.3 Å². The number of benzene rings is 2. The normalized spacial score (nSPS) is 15.2. The molecule has 0 atom stereocenters. The molecule has 2 aromatic carbocycles. The van der Waals surface area contributed by atoms with Crippen molar-refractivity contribution in [1.82, 2.24) is 9.88 Å². The van der Waals surface area contributed by atoms with Gasteiger partial charge in [-0.3, -0.25) is 4.90 Å². The van der Waals surface area contributed by atoms with Gasteiger partial charge in [-0.05, 0) is 65.3 Å². The Bertz CT molecular complexity index is 1300. The Morgan fingerprint density at radius 2 is 1.94 bits per heavy atom. The first-order valence-corrected chi connectivity index (χ1v) is 17.2. The van der Waals surface area contributed by atoms with E-state index in [1.54, 1.807) is 10.4 Å². The number of aromatic nitrogens is 1. The number of rotatable bonds is 7.